The monoisotopic (exact) mass is 372 g/mol. The second kappa shape index (κ2) is 6.79. The van der Waals surface area contributed by atoms with E-state index in [1.165, 1.54) is 6.92 Å². The average Bonchev–Trinajstić information content (AvgIpc) is 2.88. The molecule has 27 heavy (non-hydrogen) atoms. The van der Waals surface area contributed by atoms with Crippen molar-refractivity contribution in [1.29, 1.82) is 0 Å². The molecule has 2 aliphatic heterocycles. The molecule has 1 aromatic carbocycles. The van der Waals surface area contributed by atoms with Crippen LogP contribution in [0.4, 0.5) is 5.69 Å². The van der Waals surface area contributed by atoms with Crippen LogP contribution in [0.3, 0.4) is 0 Å². The Morgan fingerprint density at radius 3 is 2.52 bits per heavy atom. The number of amides is 1. The molecule has 1 aromatic rings. The van der Waals surface area contributed by atoms with Gasteiger partial charge >= 0.3 is 5.97 Å². The predicted molar refractivity (Wildman–Crippen MR) is 95.0 cm³/mol. The van der Waals surface area contributed by atoms with E-state index in [9.17, 15) is 14.4 Å². The molecule has 1 amide bonds. The van der Waals surface area contributed by atoms with E-state index in [1.807, 2.05) is 0 Å². The van der Waals surface area contributed by atoms with Gasteiger partial charge in [0.25, 0.3) is 5.95 Å². The standard InChI is InChI=1S/C19H20N2O6/c1-4-25-16(23)14-15(20)27-17(26-5-2)13(10(3)22)19(14)11-8-6-7-9-12(11)21-18(19)24/h6-9H,4-5,20H2,1-3H3,(H,21,24). The average molecular weight is 372 g/mol. The van der Waals surface area contributed by atoms with Gasteiger partial charge in [0.2, 0.25) is 11.8 Å². The van der Waals surface area contributed by atoms with Crippen LogP contribution in [0.2, 0.25) is 0 Å². The van der Waals surface area contributed by atoms with E-state index in [4.69, 9.17) is 19.9 Å². The minimum atomic E-state index is -1.80. The minimum absolute atomic E-state index is 0.0619. The lowest BCUT2D eigenvalue weighted by atomic mass is 9.67. The van der Waals surface area contributed by atoms with Crippen LogP contribution in [0.25, 0.3) is 0 Å². The van der Waals surface area contributed by atoms with E-state index >= 15 is 0 Å². The van der Waals surface area contributed by atoms with E-state index in [0.29, 0.717) is 11.3 Å². The zero-order chi connectivity index (χ0) is 19.8. The highest BCUT2D eigenvalue weighted by Crippen LogP contribution is 2.52. The zero-order valence-electron chi connectivity index (χ0n) is 15.3. The van der Waals surface area contributed by atoms with Gasteiger partial charge in [0.1, 0.15) is 16.6 Å². The molecule has 0 saturated carbocycles. The number of ketones is 1. The number of anilines is 1. The lowest BCUT2D eigenvalue weighted by Gasteiger charge is -2.35. The summed E-state index contributed by atoms with van der Waals surface area (Å²) in [5, 5.41) is 2.72. The van der Waals surface area contributed by atoms with Crippen LogP contribution in [0, 0.1) is 0 Å². The molecule has 0 bridgehead atoms. The summed E-state index contributed by atoms with van der Waals surface area (Å²) in [6, 6.07) is 6.76. The van der Waals surface area contributed by atoms with Crippen molar-refractivity contribution >= 4 is 23.3 Å². The summed E-state index contributed by atoms with van der Waals surface area (Å²) >= 11 is 0. The number of carbonyl (C=O) groups is 3. The third kappa shape index (κ3) is 2.56. The quantitative estimate of drug-likeness (QED) is 0.752. The molecule has 0 aromatic heterocycles. The van der Waals surface area contributed by atoms with Crippen molar-refractivity contribution in [3.63, 3.8) is 0 Å². The van der Waals surface area contributed by atoms with Crippen LogP contribution < -0.4 is 11.1 Å². The van der Waals surface area contributed by atoms with Crippen LogP contribution in [0.1, 0.15) is 26.3 Å². The summed E-state index contributed by atoms with van der Waals surface area (Å²) in [5.74, 6) is -2.45. The Balaban J connectivity index is 2.41. The van der Waals surface area contributed by atoms with E-state index in [2.05, 4.69) is 5.32 Å². The number of rotatable bonds is 5. The van der Waals surface area contributed by atoms with Crippen molar-refractivity contribution in [2.24, 2.45) is 5.73 Å². The number of para-hydroxylation sites is 1. The van der Waals surface area contributed by atoms with Gasteiger partial charge in [-0.25, -0.2) is 4.79 Å². The molecule has 3 N–H and O–H groups in total. The molecule has 2 heterocycles. The molecule has 8 nitrogen and oxygen atoms in total. The van der Waals surface area contributed by atoms with Crippen LogP contribution >= 0.6 is 0 Å². The Morgan fingerprint density at radius 1 is 1.19 bits per heavy atom. The first-order chi connectivity index (χ1) is 12.9. The third-order valence-corrected chi connectivity index (χ3v) is 4.43. The fourth-order valence-corrected chi connectivity index (χ4v) is 3.52. The number of esters is 1. The summed E-state index contributed by atoms with van der Waals surface area (Å²) < 4.78 is 16.0. The van der Waals surface area contributed by atoms with Crippen molar-refractivity contribution in [2.75, 3.05) is 18.5 Å². The fourth-order valence-electron chi connectivity index (χ4n) is 3.52. The van der Waals surface area contributed by atoms with Gasteiger partial charge in [-0.05, 0) is 26.8 Å². The summed E-state index contributed by atoms with van der Waals surface area (Å²) in [5.41, 5.74) is 4.76. The molecular weight excluding hydrogens is 352 g/mol. The molecular formula is C19H20N2O6. The highest BCUT2D eigenvalue weighted by Gasteiger charge is 2.61. The normalized spacial score (nSPS) is 20.9. The summed E-state index contributed by atoms with van der Waals surface area (Å²) in [6.07, 6.45) is 0. The molecule has 1 atom stereocenters. The van der Waals surface area contributed by atoms with Gasteiger partial charge < -0.3 is 25.3 Å². The molecule has 2 aliphatic rings. The Bertz CT molecular complexity index is 901. The number of ether oxygens (including phenoxy) is 3. The number of hydrogen-bond acceptors (Lipinski definition) is 7. The fraction of sp³-hybridized carbons (Fsp3) is 0.316. The smallest absolute Gasteiger partial charge is 0.341 e. The van der Waals surface area contributed by atoms with Gasteiger partial charge in [0.05, 0.1) is 13.2 Å². The highest BCUT2D eigenvalue weighted by molar-refractivity contribution is 6.21. The molecule has 1 unspecified atom stereocenters. The first-order valence-corrected chi connectivity index (χ1v) is 8.54. The lowest BCUT2D eigenvalue weighted by Crippen LogP contribution is -2.48. The van der Waals surface area contributed by atoms with Gasteiger partial charge in [-0.3, -0.25) is 9.59 Å². The molecule has 0 fully saturated rings. The van der Waals surface area contributed by atoms with Crippen molar-refractivity contribution in [1.82, 2.24) is 0 Å². The van der Waals surface area contributed by atoms with E-state index in [-0.39, 0.29) is 36.2 Å². The molecule has 0 aliphatic carbocycles. The first-order valence-electron chi connectivity index (χ1n) is 8.54. The molecule has 8 heteroatoms. The minimum Gasteiger partial charge on any atom is -0.465 e. The molecule has 3 rings (SSSR count). The maximum absolute atomic E-state index is 13.2. The van der Waals surface area contributed by atoms with Crippen LogP contribution in [0.15, 0.2) is 47.2 Å². The summed E-state index contributed by atoms with van der Waals surface area (Å²) in [4.78, 5) is 38.6. The number of nitrogens with two attached hydrogens (primary N) is 1. The first kappa shape index (κ1) is 18.5. The topological polar surface area (TPSA) is 117 Å². The van der Waals surface area contributed by atoms with Crippen molar-refractivity contribution < 1.29 is 28.6 Å². The number of fused-ring (bicyclic) bond motifs is 2. The van der Waals surface area contributed by atoms with Gasteiger partial charge in [-0.1, -0.05) is 18.2 Å². The number of nitrogens with one attached hydrogen (secondary N) is 1. The Labute approximate surface area is 155 Å². The largest absolute Gasteiger partial charge is 0.465 e. The van der Waals surface area contributed by atoms with Gasteiger partial charge in [0, 0.05) is 11.3 Å². The Hall–Kier alpha value is -3.29. The van der Waals surface area contributed by atoms with E-state index in [1.54, 1.807) is 38.1 Å². The predicted octanol–water partition coefficient (Wildman–Crippen LogP) is 1.48. The summed E-state index contributed by atoms with van der Waals surface area (Å²) in [6.45, 7) is 4.84. The van der Waals surface area contributed by atoms with Crippen molar-refractivity contribution in [2.45, 2.75) is 26.2 Å². The van der Waals surface area contributed by atoms with Gasteiger partial charge in [-0.15, -0.1) is 0 Å². The molecule has 142 valence electrons. The second-order valence-corrected chi connectivity index (χ2v) is 5.96. The van der Waals surface area contributed by atoms with Crippen LogP contribution in [0.5, 0.6) is 0 Å². The number of hydrogen-bond donors (Lipinski definition) is 2. The maximum Gasteiger partial charge on any atom is 0.341 e. The maximum atomic E-state index is 13.2. The number of benzene rings is 1. The Kier molecular flexibility index (Phi) is 4.65. The van der Waals surface area contributed by atoms with Crippen molar-refractivity contribution in [3.05, 3.63) is 52.8 Å². The van der Waals surface area contributed by atoms with E-state index < -0.39 is 23.1 Å². The van der Waals surface area contributed by atoms with E-state index in [0.717, 1.165) is 0 Å². The zero-order valence-corrected chi connectivity index (χ0v) is 15.3. The summed E-state index contributed by atoms with van der Waals surface area (Å²) in [7, 11) is 0. The SMILES string of the molecule is CCOC(=O)C1=C(N)OC(OCC)=C(C(C)=O)C12C(=O)Nc1ccccc12. The highest BCUT2D eigenvalue weighted by atomic mass is 16.7. The number of Topliss-reactive ketones (excluding diaryl/α,β-unsaturated/α-hetero) is 1. The number of carbonyl (C=O) groups excluding carboxylic acids is 3. The van der Waals surface area contributed by atoms with Crippen LogP contribution in [-0.2, 0) is 34.0 Å². The molecule has 0 radical (unpaired) electrons. The van der Waals surface area contributed by atoms with Crippen molar-refractivity contribution in [3.8, 4) is 0 Å². The molecule has 1 spiro atoms. The lowest BCUT2D eigenvalue weighted by molar-refractivity contribution is -0.141. The second-order valence-electron chi connectivity index (χ2n) is 5.96. The van der Waals surface area contributed by atoms with Gasteiger partial charge in [-0.2, -0.15) is 0 Å². The third-order valence-electron chi connectivity index (χ3n) is 4.43. The molecule has 0 saturated heterocycles. The van der Waals surface area contributed by atoms with Gasteiger partial charge in [0.15, 0.2) is 5.78 Å². The Morgan fingerprint density at radius 2 is 1.89 bits per heavy atom. The van der Waals surface area contributed by atoms with Crippen LogP contribution in [-0.4, -0.2) is 30.9 Å².